The van der Waals surface area contributed by atoms with Crippen LogP contribution in [0.25, 0.3) is 5.00 Å². The summed E-state index contributed by atoms with van der Waals surface area (Å²) in [6, 6.07) is 11.5. The number of aromatic nitrogens is 3. The van der Waals surface area contributed by atoms with Crippen LogP contribution in [0.5, 0.6) is 5.75 Å². The normalized spacial score (nSPS) is 19.0. The Balaban J connectivity index is 0.906. The largest absolute Gasteiger partial charge is 0.483 e. The molecule has 15 heteroatoms. The molecule has 2 aliphatic carbocycles. The van der Waals surface area contributed by atoms with Crippen LogP contribution in [0.4, 0.5) is 0 Å². The number of ether oxygens (including phenoxy) is 1. The van der Waals surface area contributed by atoms with Crippen LogP contribution < -0.4 is 15.4 Å². The average Bonchev–Trinajstić information content (AvgIpc) is 3.73. The van der Waals surface area contributed by atoms with Crippen LogP contribution >= 0.6 is 22.9 Å². The molecule has 3 heterocycles. The highest BCUT2D eigenvalue weighted by molar-refractivity contribution is 7.15. The van der Waals surface area contributed by atoms with Gasteiger partial charge in [0.25, 0.3) is 5.91 Å². The van der Waals surface area contributed by atoms with E-state index in [1.54, 1.807) is 17.4 Å². The summed E-state index contributed by atoms with van der Waals surface area (Å²) in [4.78, 5) is 82.9. The monoisotopic (exact) mass is 782 g/mol. The molecule has 0 saturated heterocycles. The van der Waals surface area contributed by atoms with Gasteiger partial charge in [0.1, 0.15) is 34.2 Å². The molecule has 284 valence electrons. The molecule has 2 N–H and O–H groups in total. The van der Waals surface area contributed by atoms with E-state index in [0.29, 0.717) is 42.6 Å². The van der Waals surface area contributed by atoms with Crippen molar-refractivity contribution in [2.24, 2.45) is 16.8 Å². The van der Waals surface area contributed by atoms with E-state index >= 15 is 0 Å². The maximum Gasteiger partial charge on any atom is 0.257 e. The summed E-state index contributed by atoms with van der Waals surface area (Å²) in [5, 5.41) is 16.1. The highest BCUT2D eigenvalue weighted by Crippen LogP contribution is 2.41. The molecule has 0 bridgehead atoms. The maximum absolute atomic E-state index is 13.4. The van der Waals surface area contributed by atoms with E-state index in [2.05, 4.69) is 34.7 Å². The fraction of sp³-hybridized carbons (Fsp3) is 0.375. The lowest BCUT2D eigenvalue weighted by molar-refractivity contribution is -0.133. The van der Waals surface area contributed by atoms with Gasteiger partial charge in [-0.2, -0.15) is 0 Å². The van der Waals surface area contributed by atoms with Gasteiger partial charge in [0.2, 0.25) is 5.91 Å². The van der Waals surface area contributed by atoms with E-state index in [1.807, 2.05) is 35.8 Å². The topological polar surface area (TPSA) is 179 Å². The molecular weight excluding hydrogens is 744 g/mol. The molecule has 13 nitrogen and oxygen atoms in total. The number of aryl methyl sites for hydroxylation is 2. The molecule has 1 fully saturated rings. The minimum absolute atomic E-state index is 0.0605. The second-order valence-corrected chi connectivity index (χ2v) is 15.7. The van der Waals surface area contributed by atoms with Gasteiger partial charge in [0.15, 0.2) is 24.0 Å². The smallest absolute Gasteiger partial charge is 0.257 e. The molecule has 2 amide bonds. The van der Waals surface area contributed by atoms with Gasteiger partial charge in [0, 0.05) is 52.0 Å². The number of hydrogen-bond acceptors (Lipinski definition) is 11. The third kappa shape index (κ3) is 7.52. The number of ketones is 4. The number of hydrogen-bond donors (Lipinski definition) is 2. The van der Waals surface area contributed by atoms with Gasteiger partial charge in [-0.1, -0.05) is 35.9 Å². The molecule has 0 radical (unpaired) electrons. The highest BCUT2D eigenvalue weighted by Gasteiger charge is 2.48. The predicted molar refractivity (Wildman–Crippen MR) is 205 cm³/mol. The molecule has 7 rings (SSSR count). The van der Waals surface area contributed by atoms with Gasteiger partial charge in [0.05, 0.1) is 30.0 Å². The van der Waals surface area contributed by atoms with Gasteiger partial charge < -0.3 is 15.4 Å². The quantitative estimate of drug-likeness (QED) is 0.144. The molecular formula is C40H39ClN6O7S. The van der Waals surface area contributed by atoms with Crippen molar-refractivity contribution in [2.75, 3.05) is 19.7 Å². The van der Waals surface area contributed by atoms with Gasteiger partial charge >= 0.3 is 0 Å². The lowest BCUT2D eigenvalue weighted by Gasteiger charge is -2.23. The first kappa shape index (κ1) is 38.0. The zero-order chi connectivity index (χ0) is 39.0. The minimum atomic E-state index is -1.17. The first-order chi connectivity index (χ1) is 26.4. The Bertz CT molecular complexity index is 2280. The van der Waals surface area contributed by atoms with Crippen molar-refractivity contribution in [3.8, 4) is 10.8 Å². The van der Waals surface area contributed by atoms with Crippen molar-refractivity contribution in [1.29, 1.82) is 0 Å². The van der Waals surface area contributed by atoms with Gasteiger partial charge in [-0.3, -0.25) is 38.3 Å². The Morgan fingerprint density at radius 1 is 0.927 bits per heavy atom. The number of halogens is 1. The number of nitrogens with zero attached hydrogens (tertiary/aromatic N) is 4. The predicted octanol–water partition coefficient (Wildman–Crippen LogP) is 5.21. The first-order valence-electron chi connectivity index (χ1n) is 18.2. The summed E-state index contributed by atoms with van der Waals surface area (Å²) in [6.07, 6.45) is 1.28. The zero-order valence-electron chi connectivity index (χ0n) is 30.6. The summed E-state index contributed by atoms with van der Waals surface area (Å²) in [5.74, 6) is -2.77. The maximum atomic E-state index is 13.4. The van der Waals surface area contributed by atoms with Gasteiger partial charge in [-0.05, 0) is 63.8 Å². The number of carbonyl (C=O) groups excluding carboxylic acids is 6. The van der Waals surface area contributed by atoms with Gasteiger partial charge in [-0.25, -0.2) is 0 Å². The number of Topliss-reactive ketones (excluding diaryl/α,β-unsaturated/α-hetero) is 4. The Morgan fingerprint density at radius 3 is 2.38 bits per heavy atom. The van der Waals surface area contributed by atoms with Crippen LogP contribution in [0.1, 0.15) is 98.5 Å². The fourth-order valence-electron chi connectivity index (χ4n) is 7.44. The molecule has 2 aromatic carbocycles. The Morgan fingerprint density at radius 2 is 1.65 bits per heavy atom. The number of nitrogens with one attached hydrogen (secondary N) is 2. The third-order valence-corrected chi connectivity index (χ3v) is 11.8. The standard InChI is InChI=1S/C40H39ClN6O7S/c1-20-21(2)55-40-33(20)36(23-9-11-24(41)12-10-23)44-28(39-46-45-22(3)47(39)40)18-31(50)42-15-4-5-16-43-32(51)19-54-30-8-6-7-27-34(30)38(53)35(37(27)52)26-14-13-25(48)17-29(26)49/h6-12,26,28,35H,4-5,13-19H2,1-3H3,(H,42,50)(H,43,51)/t26?,28-,35?/m0/s1. The van der Waals surface area contributed by atoms with E-state index in [4.69, 9.17) is 21.3 Å². The lowest BCUT2D eigenvalue weighted by atomic mass is 9.76. The van der Waals surface area contributed by atoms with Crippen LogP contribution in [0.2, 0.25) is 5.02 Å². The SMILES string of the molecule is Cc1sc2c(c1C)C(c1ccc(Cl)cc1)=N[C@@H](CC(=O)NCCCCNC(=O)COc1cccc3c1C(=O)C(C1CCC(=O)CC1=O)C3=O)c1nnc(C)n1-2. The van der Waals surface area contributed by atoms with Crippen molar-refractivity contribution in [2.45, 2.75) is 65.3 Å². The number of amides is 2. The molecule has 2 aromatic heterocycles. The Hall–Kier alpha value is -5.34. The Kier molecular flexibility index (Phi) is 10.9. The van der Waals surface area contributed by atoms with Crippen molar-refractivity contribution < 1.29 is 33.5 Å². The number of unbranched alkanes of at least 4 members (excludes halogenated alkanes) is 1. The molecule has 0 spiro atoms. The molecule has 1 saturated carbocycles. The highest BCUT2D eigenvalue weighted by atomic mass is 35.5. The average molecular weight is 783 g/mol. The fourth-order valence-corrected chi connectivity index (χ4v) is 8.78. The lowest BCUT2D eigenvalue weighted by Crippen LogP contribution is -2.36. The summed E-state index contributed by atoms with van der Waals surface area (Å²) >= 11 is 7.85. The summed E-state index contributed by atoms with van der Waals surface area (Å²) in [5.41, 5.74) is 3.98. The molecule has 3 aliphatic rings. The van der Waals surface area contributed by atoms with E-state index in [1.165, 1.54) is 12.1 Å². The zero-order valence-corrected chi connectivity index (χ0v) is 32.1. The number of benzene rings is 2. The summed E-state index contributed by atoms with van der Waals surface area (Å²) < 4.78 is 7.69. The molecule has 4 aromatic rings. The summed E-state index contributed by atoms with van der Waals surface area (Å²) in [7, 11) is 0. The van der Waals surface area contributed by atoms with E-state index in [-0.39, 0.29) is 60.9 Å². The molecule has 2 unspecified atom stereocenters. The van der Waals surface area contributed by atoms with E-state index in [0.717, 1.165) is 32.3 Å². The first-order valence-corrected chi connectivity index (χ1v) is 19.4. The van der Waals surface area contributed by atoms with Crippen molar-refractivity contribution in [1.82, 2.24) is 25.4 Å². The van der Waals surface area contributed by atoms with Crippen LogP contribution in [0.15, 0.2) is 47.5 Å². The molecule has 3 atom stereocenters. The molecule has 1 aliphatic heterocycles. The third-order valence-electron chi connectivity index (χ3n) is 10.4. The van der Waals surface area contributed by atoms with Crippen LogP contribution in [-0.4, -0.2) is 75.1 Å². The number of thiophene rings is 1. The number of aliphatic imine (C=N–C) groups is 1. The van der Waals surface area contributed by atoms with Crippen LogP contribution in [0, 0.1) is 32.6 Å². The number of fused-ring (bicyclic) bond motifs is 4. The van der Waals surface area contributed by atoms with E-state index in [9.17, 15) is 28.8 Å². The van der Waals surface area contributed by atoms with Gasteiger partial charge in [-0.15, -0.1) is 21.5 Å². The van der Waals surface area contributed by atoms with Crippen LogP contribution in [0.3, 0.4) is 0 Å². The van der Waals surface area contributed by atoms with Crippen molar-refractivity contribution >= 4 is 63.6 Å². The summed E-state index contributed by atoms with van der Waals surface area (Å²) in [6.45, 7) is 6.36. The van der Waals surface area contributed by atoms with Crippen molar-refractivity contribution in [3.63, 3.8) is 0 Å². The molecule has 55 heavy (non-hydrogen) atoms. The Labute approximate surface area is 325 Å². The van der Waals surface area contributed by atoms with E-state index < -0.39 is 41.1 Å². The number of rotatable bonds is 12. The second kappa shape index (κ2) is 15.8. The second-order valence-electron chi connectivity index (χ2n) is 14.0. The van der Waals surface area contributed by atoms with Crippen LogP contribution in [-0.2, 0) is 19.2 Å². The number of carbonyl (C=O) groups is 6. The van der Waals surface area contributed by atoms with Crippen molar-refractivity contribution in [3.05, 3.63) is 91.8 Å². The minimum Gasteiger partial charge on any atom is -0.483 e.